The first-order chi connectivity index (χ1) is 18.5. The van der Waals surface area contributed by atoms with E-state index in [9.17, 15) is 9.90 Å². The highest BCUT2D eigenvalue weighted by molar-refractivity contribution is 5.84. The number of phenols is 1. The Morgan fingerprint density at radius 1 is 1.16 bits per heavy atom. The number of aromatic hydroxyl groups is 1. The van der Waals surface area contributed by atoms with Gasteiger partial charge >= 0.3 is 0 Å². The Labute approximate surface area is 220 Å². The number of benzene rings is 2. The third-order valence-electron chi connectivity index (χ3n) is 6.73. The van der Waals surface area contributed by atoms with Gasteiger partial charge in [0.15, 0.2) is 11.5 Å². The van der Waals surface area contributed by atoms with Crippen LogP contribution in [0.4, 0.5) is 11.8 Å². The van der Waals surface area contributed by atoms with E-state index in [1.54, 1.807) is 18.5 Å². The van der Waals surface area contributed by atoms with E-state index in [1.165, 1.54) is 18.7 Å². The van der Waals surface area contributed by atoms with Crippen LogP contribution < -0.4 is 16.2 Å². The summed E-state index contributed by atoms with van der Waals surface area (Å²) < 4.78 is 5.52. The van der Waals surface area contributed by atoms with E-state index in [0.717, 1.165) is 29.5 Å². The van der Waals surface area contributed by atoms with Crippen LogP contribution in [0, 0.1) is 0 Å². The van der Waals surface area contributed by atoms with Crippen molar-refractivity contribution in [3.63, 3.8) is 0 Å². The summed E-state index contributed by atoms with van der Waals surface area (Å²) in [6.07, 6.45) is 6.69. The van der Waals surface area contributed by atoms with Gasteiger partial charge in [-0.25, -0.2) is 4.98 Å². The Kier molecular flexibility index (Phi) is 6.90. The Bertz CT molecular complexity index is 1510. The lowest BCUT2D eigenvalue weighted by molar-refractivity contribution is -0.104. The molecule has 2 aromatic heterocycles. The summed E-state index contributed by atoms with van der Waals surface area (Å²) in [4.78, 5) is 26.8. The van der Waals surface area contributed by atoms with Gasteiger partial charge in [0.25, 0.3) is 0 Å². The minimum atomic E-state index is -0.262. The van der Waals surface area contributed by atoms with Crippen LogP contribution in [0.5, 0.6) is 11.5 Å². The van der Waals surface area contributed by atoms with Gasteiger partial charge in [-0.3, -0.25) is 9.78 Å². The molecule has 0 amide bonds. The lowest BCUT2D eigenvalue weighted by Crippen LogP contribution is -2.35. The summed E-state index contributed by atoms with van der Waals surface area (Å²) in [6.45, 7) is 0.614. The second-order valence-electron chi connectivity index (χ2n) is 9.00. The lowest BCUT2D eigenvalue weighted by Gasteiger charge is -2.40. The summed E-state index contributed by atoms with van der Waals surface area (Å²) in [6, 6.07) is 17.3. The molecule has 9 heteroatoms. The summed E-state index contributed by atoms with van der Waals surface area (Å²) in [7, 11) is 1.49. The average Bonchev–Trinajstić information content (AvgIpc) is 2.94. The van der Waals surface area contributed by atoms with Crippen molar-refractivity contribution in [3.8, 4) is 11.5 Å². The molecule has 1 aliphatic heterocycles. The zero-order valence-corrected chi connectivity index (χ0v) is 20.9. The lowest BCUT2D eigenvalue weighted by atomic mass is 9.88. The van der Waals surface area contributed by atoms with Gasteiger partial charge in [-0.1, -0.05) is 30.3 Å². The standard InChI is InChI=1S/C29H28N6O3/c1-38-25-16-18(14-20-17-33-29(31)34-28(20)30)15-22(27(25)37)24(10-13-36)35-12-9-19-6-2-3-7-21(19)26(35)23-8-4-5-11-32-23/h2-8,10-11,13,15-17,26,37H,9,12,14H2,1H3,(H4,30,31,33,34). The van der Waals surface area contributed by atoms with E-state index in [2.05, 4.69) is 32.0 Å². The number of hydrogen-bond acceptors (Lipinski definition) is 9. The van der Waals surface area contributed by atoms with Crippen LogP contribution in [0.1, 0.15) is 39.6 Å². The van der Waals surface area contributed by atoms with Crippen molar-refractivity contribution in [2.75, 3.05) is 25.1 Å². The maximum absolute atomic E-state index is 12.0. The van der Waals surface area contributed by atoms with Gasteiger partial charge in [-0.05, 0) is 47.4 Å². The molecule has 1 atom stereocenters. The predicted octanol–water partition coefficient (Wildman–Crippen LogP) is 3.53. The minimum absolute atomic E-state index is 0.0653. The average molecular weight is 509 g/mol. The number of aldehydes is 1. The van der Waals surface area contributed by atoms with Crippen molar-refractivity contribution in [1.29, 1.82) is 0 Å². The number of anilines is 2. The maximum atomic E-state index is 12.0. The van der Waals surface area contributed by atoms with Gasteiger partial charge in [0.05, 0.1) is 24.5 Å². The zero-order valence-electron chi connectivity index (χ0n) is 20.9. The second-order valence-corrected chi connectivity index (χ2v) is 9.00. The number of aromatic nitrogens is 3. The van der Waals surface area contributed by atoms with Crippen molar-refractivity contribution in [2.45, 2.75) is 18.9 Å². The molecular formula is C29H28N6O3. The molecule has 0 saturated carbocycles. The van der Waals surface area contributed by atoms with Crippen molar-refractivity contribution in [3.05, 3.63) is 107 Å². The first-order valence-electron chi connectivity index (χ1n) is 12.2. The number of rotatable bonds is 7. The maximum Gasteiger partial charge on any atom is 0.221 e. The van der Waals surface area contributed by atoms with Crippen molar-refractivity contribution in [1.82, 2.24) is 19.9 Å². The molecule has 0 fully saturated rings. The molecule has 5 rings (SSSR count). The number of carbonyl (C=O) groups excluding carboxylic acids is 1. The van der Waals surface area contributed by atoms with Crippen LogP contribution in [-0.4, -0.2) is 44.9 Å². The molecule has 192 valence electrons. The van der Waals surface area contributed by atoms with E-state index in [-0.39, 0.29) is 29.3 Å². The molecule has 38 heavy (non-hydrogen) atoms. The van der Waals surface area contributed by atoms with Crippen molar-refractivity contribution >= 4 is 23.7 Å². The highest BCUT2D eigenvalue weighted by Crippen LogP contribution is 2.43. The molecule has 1 unspecified atom stereocenters. The van der Waals surface area contributed by atoms with Crippen LogP contribution in [0.25, 0.3) is 5.70 Å². The highest BCUT2D eigenvalue weighted by Gasteiger charge is 2.32. The zero-order chi connectivity index (χ0) is 26.6. The van der Waals surface area contributed by atoms with Crippen LogP contribution in [0.2, 0.25) is 0 Å². The normalized spacial score (nSPS) is 15.1. The van der Waals surface area contributed by atoms with Crippen LogP contribution in [0.15, 0.2) is 73.1 Å². The van der Waals surface area contributed by atoms with Crippen LogP contribution in [0.3, 0.4) is 0 Å². The Morgan fingerprint density at radius 3 is 2.71 bits per heavy atom. The summed E-state index contributed by atoms with van der Waals surface area (Å²) >= 11 is 0. The molecule has 0 aliphatic carbocycles. The van der Waals surface area contributed by atoms with Crippen LogP contribution >= 0.6 is 0 Å². The van der Waals surface area contributed by atoms with E-state index >= 15 is 0 Å². The SMILES string of the molecule is COc1cc(Cc2cnc(N)nc2N)cc(C(=CC=O)N2CCc3ccccc3C2c2ccccn2)c1O. The fourth-order valence-electron chi connectivity index (χ4n) is 5.00. The molecular weight excluding hydrogens is 480 g/mol. The highest BCUT2D eigenvalue weighted by atomic mass is 16.5. The number of nitrogens with two attached hydrogens (primary N) is 2. The number of carbonyl (C=O) groups is 1. The number of pyridine rings is 1. The quantitative estimate of drug-likeness (QED) is 0.252. The number of hydrogen-bond donors (Lipinski definition) is 3. The molecule has 2 aromatic carbocycles. The number of allylic oxidation sites excluding steroid dienone is 1. The van der Waals surface area contributed by atoms with E-state index in [1.807, 2.05) is 36.4 Å². The fourth-order valence-corrected chi connectivity index (χ4v) is 5.00. The molecule has 0 radical (unpaired) electrons. The summed E-state index contributed by atoms with van der Waals surface area (Å²) in [5.74, 6) is 0.579. The van der Waals surface area contributed by atoms with E-state index in [4.69, 9.17) is 16.2 Å². The number of ether oxygens (including phenoxy) is 1. The summed E-state index contributed by atoms with van der Waals surface area (Å²) in [5, 5.41) is 11.3. The van der Waals surface area contributed by atoms with E-state index < -0.39 is 0 Å². The largest absolute Gasteiger partial charge is 0.504 e. The van der Waals surface area contributed by atoms with Gasteiger partial charge in [-0.15, -0.1) is 0 Å². The third-order valence-corrected chi connectivity index (χ3v) is 6.73. The van der Waals surface area contributed by atoms with Gasteiger partial charge in [-0.2, -0.15) is 4.98 Å². The molecule has 9 nitrogen and oxygen atoms in total. The van der Waals surface area contributed by atoms with Gasteiger partial charge in [0, 0.05) is 42.6 Å². The van der Waals surface area contributed by atoms with Gasteiger partial charge in [0.1, 0.15) is 12.1 Å². The number of nitrogens with zero attached hydrogens (tertiary/aromatic N) is 4. The van der Waals surface area contributed by atoms with Crippen LogP contribution in [-0.2, 0) is 17.6 Å². The number of fused-ring (bicyclic) bond motifs is 1. The fraction of sp³-hybridized carbons (Fsp3) is 0.172. The molecule has 0 bridgehead atoms. The molecule has 0 spiro atoms. The molecule has 4 aromatic rings. The Balaban J connectivity index is 1.64. The topological polar surface area (TPSA) is 140 Å². The smallest absolute Gasteiger partial charge is 0.221 e. The molecule has 1 aliphatic rings. The molecule has 3 heterocycles. The van der Waals surface area contributed by atoms with E-state index in [0.29, 0.717) is 29.8 Å². The molecule has 5 N–H and O–H groups in total. The van der Waals surface area contributed by atoms with Gasteiger partial charge in [0.2, 0.25) is 5.95 Å². The number of phenolic OH excluding ortho intramolecular Hbond substituents is 1. The van der Waals surface area contributed by atoms with Crippen molar-refractivity contribution in [2.24, 2.45) is 0 Å². The monoisotopic (exact) mass is 508 g/mol. The predicted molar refractivity (Wildman–Crippen MR) is 145 cm³/mol. The summed E-state index contributed by atoms with van der Waals surface area (Å²) in [5.41, 5.74) is 17.4. The third kappa shape index (κ3) is 4.73. The van der Waals surface area contributed by atoms with Crippen molar-refractivity contribution < 1.29 is 14.6 Å². The first kappa shape index (κ1) is 24.8. The number of nitrogen functional groups attached to an aromatic ring is 2. The van der Waals surface area contributed by atoms with Gasteiger partial charge < -0.3 is 26.2 Å². The Hall–Kier alpha value is -4.92. The second kappa shape index (κ2) is 10.6. The molecule has 0 saturated heterocycles. The Morgan fingerprint density at radius 2 is 1.97 bits per heavy atom. The number of methoxy groups -OCH3 is 1. The minimum Gasteiger partial charge on any atom is -0.504 e. The first-order valence-corrected chi connectivity index (χ1v) is 12.2.